The minimum absolute atomic E-state index is 0.682. The lowest BCUT2D eigenvalue weighted by Crippen LogP contribution is -2.29. The van der Waals surface area contributed by atoms with E-state index < -0.39 is 0 Å². The molecular weight excluding hydrogens is 172 g/mol. The molecule has 0 aliphatic rings. The maximum absolute atomic E-state index is 7.85. The van der Waals surface area contributed by atoms with E-state index in [-0.39, 0.29) is 0 Å². The van der Waals surface area contributed by atoms with E-state index in [1.165, 1.54) is 5.56 Å². The van der Waals surface area contributed by atoms with Crippen molar-refractivity contribution in [3.63, 3.8) is 0 Å². The van der Waals surface area contributed by atoms with Crippen molar-refractivity contribution in [2.24, 2.45) is 0 Å². The Kier molecular flexibility index (Phi) is 3.69. The van der Waals surface area contributed by atoms with Gasteiger partial charge in [0.25, 0.3) is 0 Å². The molecule has 0 fully saturated rings. The molecule has 0 aliphatic heterocycles. The molecular formula is C12H18N2. The first-order chi connectivity index (χ1) is 6.70. The van der Waals surface area contributed by atoms with E-state index in [1.54, 1.807) is 0 Å². The lowest BCUT2D eigenvalue weighted by molar-refractivity contribution is 1.000. The number of amidine groups is 1. The van der Waals surface area contributed by atoms with Gasteiger partial charge in [-0.3, -0.25) is 5.41 Å². The molecule has 0 spiro atoms. The van der Waals surface area contributed by atoms with E-state index in [4.69, 9.17) is 5.41 Å². The van der Waals surface area contributed by atoms with Gasteiger partial charge in [-0.1, -0.05) is 25.1 Å². The maximum Gasteiger partial charge on any atom is 0.0999 e. The number of nitrogens with one attached hydrogen (secondary N) is 1. The largest absolute Gasteiger partial charge is 0.330 e. The number of hydrogen-bond donors (Lipinski definition) is 1. The van der Waals surface area contributed by atoms with Crippen LogP contribution in [-0.2, 0) is 0 Å². The minimum atomic E-state index is 0.682. The Morgan fingerprint density at radius 1 is 1.29 bits per heavy atom. The highest BCUT2D eigenvalue weighted by Crippen LogP contribution is 2.19. The molecule has 0 atom stereocenters. The molecule has 0 saturated carbocycles. The lowest BCUT2D eigenvalue weighted by atomic mass is 10.1. The van der Waals surface area contributed by atoms with Crippen LogP contribution in [0.3, 0.4) is 0 Å². The molecule has 2 heteroatoms. The SMILES string of the molecule is CCC(=N)N(CC)c1ccccc1C. The normalized spacial score (nSPS) is 9.93. The van der Waals surface area contributed by atoms with Crippen molar-refractivity contribution in [2.75, 3.05) is 11.4 Å². The van der Waals surface area contributed by atoms with Crippen molar-refractivity contribution >= 4 is 11.5 Å². The third kappa shape index (κ3) is 2.13. The fourth-order valence-corrected chi connectivity index (χ4v) is 1.56. The summed E-state index contributed by atoms with van der Waals surface area (Å²) in [4.78, 5) is 2.05. The molecule has 0 bridgehead atoms. The third-order valence-electron chi connectivity index (χ3n) is 2.38. The van der Waals surface area contributed by atoms with Crippen LogP contribution in [0.4, 0.5) is 5.69 Å². The Balaban J connectivity index is 3.01. The van der Waals surface area contributed by atoms with Crippen LogP contribution in [0.5, 0.6) is 0 Å². The van der Waals surface area contributed by atoms with Gasteiger partial charge < -0.3 is 4.90 Å². The van der Waals surface area contributed by atoms with Gasteiger partial charge in [-0.15, -0.1) is 0 Å². The second-order valence-corrected chi connectivity index (χ2v) is 3.33. The van der Waals surface area contributed by atoms with Gasteiger partial charge >= 0.3 is 0 Å². The van der Waals surface area contributed by atoms with Crippen LogP contribution in [-0.4, -0.2) is 12.4 Å². The number of nitrogens with zero attached hydrogens (tertiary/aromatic N) is 1. The molecule has 0 heterocycles. The van der Waals surface area contributed by atoms with Crippen molar-refractivity contribution in [3.8, 4) is 0 Å². The smallest absolute Gasteiger partial charge is 0.0999 e. The van der Waals surface area contributed by atoms with Gasteiger partial charge in [0.15, 0.2) is 0 Å². The molecule has 0 aliphatic carbocycles. The standard InChI is InChI=1S/C12H18N2/c1-4-12(13)14(5-2)11-9-7-6-8-10(11)3/h6-9,13H,4-5H2,1-3H3. The Labute approximate surface area is 86.1 Å². The summed E-state index contributed by atoms with van der Waals surface area (Å²) in [6.45, 7) is 7.04. The minimum Gasteiger partial charge on any atom is -0.330 e. The summed E-state index contributed by atoms with van der Waals surface area (Å²) in [5.74, 6) is 0.682. The Hall–Kier alpha value is -1.31. The highest BCUT2D eigenvalue weighted by Gasteiger charge is 2.09. The molecule has 0 radical (unpaired) electrons. The van der Waals surface area contributed by atoms with Gasteiger partial charge in [0, 0.05) is 18.7 Å². The molecule has 1 aromatic rings. The van der Waals surface area contributed by atoms with Crippen LogP contribution < -0.4 is 4.90 Å². The molecule has 14 heavy (non-hydrogen) atoms. The Morgan fingerprint density at radius 2 is 1.93 bits per heavy atom. The van der Waals surface area contributed by atoms with E-state index >= 15 is 0 Å². The quantitative estimate of drug-likeness (QED) is 0.575. The van der Waals surface area contributed by atoms with E-state index in [1.807, 2.05) is 19.1 Å². The predicted octanol–water partition coefficient (Wildman–Crippen LogP) is 3.21. The number of para-hydroxylation sites is 1. The zero-order chi connectivity index (χ0) is 10.6. The molecule has 0 saturated heterocycles. The average Bonchev–Trinajstić information content (AvgIpc) is 2.21. The summed E-state index contributed by atoms with van der Waals surface area (Å²) in [6, 6.07) is 8.21. The number of hydrogen-bond acceptors (Lipinski definition) is 1. The third-order valence-corrected chi connectivity index (χ3v) is 2.38. The van der Waals surface area contributed by atoms with Crippen molar-refractivity contribution in [3.05, 3.63) is 29.8 Å². The first-order valence-corrected chi connectivity index (χ1v) is 5.11. The van der Waals surface area contributed by atoms with Crippen LogP contribution in [0.25, 0.3) is 0 Å². The van der Waals surface area contributed by atoms with Crippen molar-refractivity contribution in [1.29, 1.82) is 5.41 Å². The van der Waals surface area contributed by atoms with Gasteiger partial charge in [-0.05, 0) is 25.5 Å². The molecule has 0 aromatic heterocycles. The second kappa shape index (κ2) is 4.80. The summed E-state index contributed by atoms with van der Waals surface area (Å²) < 4.78 is 0. The molecule has 1 rings (SSSR count). The molecule has 76 valence electrons. The number of rotatable bonds is 3. The van der Waals surface area contributed by atoms with E-state index in [9.17, 15) is 0 Å². The summed E-state index contributed by atoms with van der Waals surface area (Å²) in [7, 11) is 0. The van der Waals surface area contributed by atoms with E-state index in [0.717, 1.165) is 18.7 Å². The molecule has 2 nitrogen and oxygen atoms in total. The topological polar surface area (TPSA) is 27.1 Å². The Morgan fingerprint density at radius 3 is 2.43 bits per heavy atom. The number of aryl methyl sites for hydroxylation is 1. The summed E-state index contributed by atoms with van der Waals surface area (Å²) in [5, 5.41) is 7.85. The number of anilines is 1. The zero-order valence-corrected chi connectivity index (χ0v) is 9.17. The second-order valence-electron chi connectivity index (χ2n) is 3.33. The van der Waals surface area contributed by atoms with E-state index in [0.29, 0.717) is 5.84 Å². The lowest BCUT2D eigenvalue weighted by Gasteiger charge is -2.24. The molecule has 0 amide bonds. The molecule has 1 aromatic carbocycles. The van der Waals surface area contributed by atoms with Crippen LogP contribution in [0, 0.1) is 12.3 Å². The average molecular weight is 190 g/mol. The summed E-state index contributed by atoms with van der Waals surface area (Å²) in [6.07, 6.45) is 0.780. The Bertz CT molecular complexity index is 318. The van der Waals surface area contributed by atoms with Crippen LogP contribution in [0.1, 0.15) is 25.8 Å². The molecule has 1 N–H and O–H groups in total. The van der Waals surface area contributed by atoms with Crippen LogP contribution in [0.15, 0.2) is 24.3 Å². The van der Waals surface area contributed by atoms with Gasteiger partial charge in [0.2, 0.25) is 0 Å². The predicted molar refractivity (Wildman–Crippen MR) is 62.2 cm³/mol. The fourth-order valence-electron chi connectivity index (χ4n) is 1.56. The highest BCUT2D eigenvalue weighted by molar-refractivity contribution is 5.95. The highest BCUT2D eigenvalue weighted by atomic mass is 15.2. The van der Waals surface area contributed by atoms with Gasteiger partial charge in [0.1, 0.15) is 0 Å². The number of benzene rings is 1. The maximum atomic E-state index is 7.85. The summed E-state index contributed by atoms with van der Waals surface area (Å²) >= 11 is 0. The zero-order valence-electron chi connectivity index (χ0n) is 9.17. The van der Waals surface area contributed by atoms with Gasteiger partial charge in [-0.25, -0.2) is 0 Å². The monoisotopic (exact) mass is 190 g/mol. The first kappa shape index (κ1) is 10.8. The summed E-state index contributed by atoms with van der Waals surface area (Å²) in [5.41, 5.74) is 2.38. The van der Waals surface area contributed by atoms with Crippen LogP contribution >= 0.6 is 0 Å². The van der Waals surface area contributed by atoms with E-state index in [2.05, 4.69) is 30.9 Å². The van der Waals surface area contributed by atoms with Gasteiger partial charge in [-0.2, -0.15) is 0 Å². The van der Waals surface area contributed by atoms with Crippen LogP contribution in [0.2, 0.25) is 0 Å². The van der Waals surface area contributed by atoms with Crippen molar-refractivity contribution < 1.29 is 0 Å². The van der Waals surface area contributed by atoms with Crippen molar-refractivity contribution in [1.82, 2.24) is 0 Å². The van der Waals surface area contributed by atoms with Crippen molar-refractivity contribution in [2.45, 2.75) is 27.2 Å². The fraction of sp³-hybridized carbons (Fsp3) is 0.417. The first-order valence-electron chi connectivity index (χ1n) is 5.11. The molecule has 0 unspecified atom stereocenters. The van der Waals surface area contributed by atoms with Gasteiger partial charge in [0.05, 0.1) is 5.84 Å².